The van der Waals surface area contributed by atoms with Crippen LogP contribution >= 0.6 is 0 Å². The van der Waals surface area contributed by atoms with Gasteiger partial charge in [-0.2, -0.15) is 52.3 Å². The highest BCUT2D eigenvalue weighted by Crippen LogP contribution is 2.42. The number of urea groups is 1. The van der Waals surface area contributed by atoms with Crippen LogP contribution in [0.5, 0.6) is 11.5 Å². The summed E-state index contributed by atoms with van der Waals surface area (Å²) in [5, 5.41) is 30.4. The van der Waals surface area contributed by atoms with Crippen LogP contribution in [0.25, 0.3) is 16.8 Å². The maximum absolute atomic E-state index is 13.7. The number of nitrogens with one attached hydrogen (secondary N) is 4. The van der Waals surface area contributed by atoms with Gasteiger partial charge in [0.2, 0.25) is 5.78 Å². The molecule has 1 aliphatic rings. The Balaban J connectivity index is 1.02. The minimum absolute atomic E-state index is 0.00256. The van der Waals surface area contributed by atoms with E-state index in [1.54, 1.807) is 0 Å². The fourth-order valence-electron chi connectivity index (χ4n) is 7.60. The van der Waals surface area contributed by atoms with Crippen LogP contribution in [-0.4, -0.2) is 89.9 Å². The number of anilines is 5. The largest absolute Gasteiger partial charge is 0.494 e. The predicted octanol–water partition coefficient (Wildman–Crippen LogP) is 8.27. The number of hydrazone groups is 1. The topological polar surface area (TPSA) is 433 Å². The highest BCUT2D eigenvalue weighted by atomic mass is 32.2. The van der Waals surface area contributed by atoms with Crippen molar-refractivity contribution in [3.8, 4) is 11.5 Å². The molecule has 0 aliphatic heterocycles. The number of methoxy groups -OCH3 is 1. The van der Waals surface area contributed by atoms with Crippen LogP contribution in [0.15, 0.2) is 167 Å². The zero-order chi connectivity index (χ0) is 58.3. The molecule has 0 aromatic heterocycles. The molecule has 8 N–H and O–H groups in total. The molecule has 0 heterocycles. The van der Waals surface area contributed by atoms with E-state index >= 15 is 0 Å². The first-order chi connectivity index (χ1) is 37.4. The molecule has 0 radical (unpaired) electrons. The van der Waals surface area contributed by atoms with E-state index in [0.29, 0.717) is 12.1 Å². The Kier molecular flexibility index (Phi) is 15.5. The average molecular weight is 1190 g/mol. The molecule has 0 spiro atoms. The number of amides is 2. The van der Waals surface area contributed by atoms with Crippen LogP contribution in [-0.2, 0) is 50.6 Å². The van der Waals surface area contributed by atoms with Crippen molar-refractivity contribution in [2.24, 2.45) is 15.3 Å². The second-order valence-electron chi connectivity index (χ2n) is 16.7. The number of rotatable bonds is 17. The third-order valence-corrected chi connectivity index (χ3v) is 16.0. The monoisotopic (exact) mass is 1190 g/mol. The van der Waals surface area contributed by atoms with Crippen molar-refractivity contribution in [2.75, 3.05) is 28.5 Å². The smallest absolute Gasteiger partial charge is 0.339 e. The van der Waals surface area contributed by atoms with Crippen LogP contribution < -0.4 is 30.3 Å². The number of non-ortho nitro benzene ring substituents is 1. The number of hydrogen-bond acceptors (Lipinski definition) is 21. The van der Waals surface area contributed by atoms with Gasteiger partial charge in [-0.1, -0.05) is 18.2 Å². The van der Waals surface area contributed by atoms with E-state index < -0.39 is 110 Å². The molecule has 7 aromatic rings. The number of carbonyl (C=O) groups is 2. The van der Waals surface area contributed by atoms with Crippen LogP contribution in [0.2, 0.25) is 0 Å². The second-order valence-corrected chi connectivity index (χ2v) is 23.9. The van der Waals surface area contributed by atoms with Gasteiger partial charge in [-0.25, -0.2) is 4.79 Å². The number of fused-ring (bicyclic) bond motifs is 2. The number of nitro benzene ring substituents is 1. The van der Waals surface area contributed by atoms with Crippen molar-refractivity contribution < 1.29 is 83.7 Å². The maximum atomic E-state index is 13.7. The predicted molar refractivity (Wildman–Crippen MR) is 286 cm³/mol. The number of ether oxygens (including phenoxy) is 1. The highest BCUT2D eigenvalue weighted by molar-refractivity contribution is 7.91. The fraction of sp³-hybridized carbons (Fsp3) is 0.0426. The van der Waals surface area contributed by atoms with Crippen LogP contribution in [0.3, 0.4) is 0 Å². The van der Waals surface area contributed by atoms with E-state index in [2.05, 4.69) is 36.7 Å². The van der Waals surface area contributed by atoms with Crippen LogP contribution in [0.4, 0.5) is 50.3 Å². The molecule has 0 bridgehead atoms. The number of nitrogens with zero attached hydrogens (tertiary/aromatic N) is 4. The SMILES string of the molecule is COc1cc(N=Nc2cc(S(=O)(=O)O)cc3cc(S(=O)(=O)O)cc(OS(=O)(=O)c4ccccc4)c23)c(C)cc1NC(=O)Nc1ccc2c(c1)C=C(S(=O)(=O)O)C(=NNc1ccc(Nc3ccc([N+](=O)[O-])cc3S(=O)(=O)O)cc1)C2=O. The molecule has 0 fully saturated rings. The molecule has 0 unspecified atom stereocenters. The third-order valence-electron chi connectivity index (χ3n) is 11.3. The summed E-state index contributed by atoms with van der Waals surface area (Å²) >= 11 is 0. The second kappa shape index (κ2) is 21.6. The fourth-order valence-corrected chi connectivity index (χ4v) is 11.0. The number of hydrogen-bond donors (Lipinski definition) is 8. The maximum Gasteiger partial charge on any atom is 0.339 e. The first-order valence-electron chi connectivity index (χ1n) is 22.0. The quantitative estimate of drug-likeness (QED) is 0.0140. The number of carbonyl (C=O) groups excluding carboxylic acids is 2. The standard InChI is InChI=1S/C47H36N8O20S5/c1-25-16-38(40(74-2)24-37(25)52-53-39-22-33(76(60,61)62)18-27-19-34(77(63,64)65)23-41(44(27)39)75-80(72,73)32-6-4-3-5-7-32)50-47(57)49-30-12-14-35-26(17-30)20-43(79(69,70)71)45(46(35)56)54-51-29-10-8-28(9-11-29)48-36-15-13-31(55(58)59)21-42(36)78(66,67)68/h3-24,48,51H,1-2H3,(H2,49,50,57)(H,60,61,62)(H,63,64,65)(H,66,67,68)(H,69,70,71). The molecule has 0 saturated carbocycles. The van der Waals surface area contributed by atoms with Gasteiger partial charge in [0.05, 0.1) is 55.6 Å². The zero-order valence-corrected chi connectivity index (χ0v) is 44.4. The molecule has 8 rings (SSSR count). The van der Waals surface area contributed by atoms with Crippen LogP contribution in [0, 0.1) is 17.0 Å². The lowest BCUT2D eigenvalue weighted by Gasteiger charge is -2.18. The van der Waals surface area contributed by atoms with E-state index in [0.717, 1.165) is 36.4 Å². The number of benzene rings is 7. The van der Waals surface area contributed by atoms with Gasteiger partial charge in [0.1, 0.15) is 20.4 Å². The number of nitro groups is 1. The van der Waals surface area contributed by atoms with Crippen molar-refractivity contribution in [1.29, 1.82) is 0 Å². The molecule has 0 atom stereocenters. The van der Waals surface area contributed by atoms with Gasteiger partial charge in [-0.3, -0.25) is 38.5 Å². The number of allylic oxidation sites excluding steroid dienone is 1. The van der Waals surface area contributed by atoms with Crippen molar-refractivity contribution in [3.05, 3.63) is 159 Å². The van der Waals surface area contributed by atoms with Gasteiger partial charge in [-0.15, -0.1) is 5.11 Å². The molecular formula is C47H36N8O20S5. The van der Waals surface area contributed by atoms with Gasteiger partial charge in [0.25, 0.3) is 46.2 Å². The van der Waals surface area contributed by atoms with Crippen molar-refractivity contribution in [2.45, 2.75) is 26.5 Å². The van der Waals surface area contributed by atoms with E-state index in [4.69, 9.17) is 8.92 Å². The Morgan fingerprint density at radius 2 is 1.25 bits per heavy atom. The number of aryl methyl sites for hydroxylation is 1. The molecule has 1 aliphatic carbocycles. The Bertz CT molecular complexity index is 4460. The van der Waals surface area contributed by atoms with Gasteiger partial charge < -0.3 is 24.9 Å². The minimum atomic E-state index is -5.15. The summed E-state index contributed by atoms with van der Waals surface area (Å²) in [6, 6.07) is 23.3. The molecule has 0 saturated heterocycles. The first-order valence-corrected chi connectivity index (χ1v) is 29.2. The number of ketones is 1. The molecule has 80 heavy (non-hydrogen) atoms. The summed E-state index contributed by atoms with van der Waals surface area (Å²) in [6.45, 7) is 1.50. The molecule has 414 valence electrons. The van der Waals surface area contributed by atoms with E-state index in [-0.39, 0.29) is 72.2 Å². The minimum Gasteiger partial charge on any atom is -0.494 e. The zero-order valence-electron chi connectivity index (χ0n) is 40.4. The third kappa shape index (κ3) is 12.8. The van der Waals surface area contributed by atoms with Gasteiger partial charge in [0.15, 0.2) is 11.5 Å². The lowest BCUT2D eigenvalue weighted by atomic mass is 9.94. The molecule has 33 heteroatoms. The average Bonchev–Trinajstić information content (AvgIpc) is 3.41. The van der Waals surface area contributed by atoms with Crippen molar-refractivity contribution in [1.82, 2.24) is 0 Å². The Hall–Kier alpha value is -9.06. The van der Waals surface area contributed by atoms with E-state index in [1.165, 1.54) is 99.0 Å². The summed E-state index contributed by atoms with van der Waals surface area (Å²) in [5.41, 5.74) is 0.944. The molecule has 2 amide bonds. The molecular weight excluding hydrogens is 1160 g/mol. The first kappa shape index (κ1) is 57.1. The van der Waals surface area contributed by atoms with Gasteiger partial charge >= 0.3 is 16.1 Å². The van der Waals surface area contributed by atoms with Crippen molar-refractivity contribution in [3.63, 3.8) is 0 Å². The lowest BCUT2D eigenvalue weighted by molar-refractivity contribution is -0.385. The molecule has 28 nitrogen and oxygen atoms in total. The number of Topliss-reactive ketones (excluding diaryl/α,β-unsaturated/α-hetero) is 1. The van der Waals surface area contributed by atoms with Crippen molar-refractivity contribution >= 4 is 130 Å². The Morgan fingerprint density at radius 1 is 0.625 bits per heavy atom. The Labute approximate surface area is 452 Å². The number of azo groups is 1. The summed E-state index contributed by atoms with van der Waals surface area (Å²) in [4.78, 5) is 33.6. The normalized spacial score (nSPS) is 13.6. The van der Waals surface area contributed by atoms with Gasteiger partial charge in [0, 0.05) is 41.2 Å². The lowest BCUT2D eigenvalue weighted by Crippen LogP contribution is -2.27. The summed E-state index contributed by atoms with van der Waals surface area (Å²) in [5.74, 6) is -1.76. The highest BCUT2D eigenvalue weighted by Gasteiger charge is 2.33. The van der Waals surface area contributed by atoms with E-state index in [1.807, 2.05) is 0 Å². The summed E-state index contributed by atoms with van der Waals surface area (Å²) in [6.07, 6.45) is 0.929. The van der Waals surface area contributed by atoms with E-state index in [9.17, 15) is 80.0 Å². The summed E-state index contributed by atoms with van der Waals surface area (Å²) < 4.78 is 176. The Morgan fingerprint density at radius 3 is 1.86 bits per heavy atom. The van der Waals surface area contributed by atoms with Crippen LogP contribution in [0.1, 0.15) is 21.5 Å². The summed E-state index contributed by atoms with van der Waals surface area (Å²) in [7, 11) is -23.7. The molecule has 7 aromatic carbocycles. The van der Waals surface area contributed by atoms with Gasteiger partial charge in [-0.05, 0) is 114 Å².